The molecule has 0 radical (unpaired) electrons. The zero-order valence-corrected chi connectivity index (χ0v) is 7.33. The second-order valence-corrected chi connectivity index (χ2v) is 3.43. The van der Waals surface area contributed by atoms with Crippen molar-refractivity contribution >= 4 is 12.4 Å². The first kappa shape index (κ1) is 8.44. The lowest BCUT2D eigenvalue weighted by Crippen LogP contribution is -2.08. The zero-order chi connectivity index (χ0) is 8.10. The van der Waals surface area contributed by atoms with Crippen molar-refractivity contribution in [2.24, 2.45) is 15.9 Å². The average Bonchev–Trinajstić information content (AvgIpc) is 2.14. The van der Waals surface area contributed by atoms with E-state index in [9.17, 15) is 0 Å². The van der Waals surface area contributed by atoms with Gasteiger partial charge < -0.3 is 0 Å². The third-order valence-electron chi connectivity index (χ3n) is 1.80. The Labute approximate surface area is 68.4 Å². The fraction of sp³-hybridized carbons (Fsp3) is 0.778. The number of aliphatic imine (C=N–C) groups is 2. The minimum atomic E-state index is 0.512. The molecule has 2 heteroatoms. The summed E-state index contributed by atoms with van der Waals surface area (Å²) < 4.78 is 0. The first-order valence-corrected chi connectivity index (χ1v) is 4.30. The molecule has 0 aliphatic carbocycles. The summed E-state index contributed by atoms with van der Waals surface area (Å²) in [7, 11) is 0. The lowest BCUT2D eigenvalue weighted by atomic mass is 10.0. The van der Waals surface area contributed by atoms with Gasteiger partial charge in [-0.2, -0.15) is 0 Å². The fourth-order valence-electron chi connectivity index (χ4n) is 1.30. The number of rotatable bonds is 2. The molecule has 1 unspecified atom stereocenters. The van der Waals surface area contributed by atoms with Gasteiger partial charge in [-0.15, -0.1) is 0 Å². The van der Waals surface area contributed by atoms with Gasteiger partial charge in [0.25, 0.3) is 0 Å². The van der Waals surface area contributed by atoms with Crippen LogP contribution < -0.4 is 0 Å². The predicted octanol–water partition coefficient (Wildman–Crippen LogP) is 1.95. The standard InChI is InChI=1S/C9H16N2/c1-8(2)7-9-3-4-10-5-6-11-9/h5-6,8-9H,3-4,7H2,1-2H3. The summed E-state index contributed by atoms with van der Waals surface area (Å²) in [5, 5.41) is 0. The van der Waals surface area contributed by atoms with Crippen molar-refractivity contribution in [2.75, 3.05) is 6.54 Å². The molecule has 0 spiro atoms. The first-order chi connectivity index (χ1) is 5.29. The van der Waals surface area contributed by atoms with Crippen LogP contribution in [0.3, 0.4) is 0 Å². The van der Waals surface area contributed by atoms with Crippen LogP contribution in [0.1, 0.15) is 26.7 Å². The number of hydrogen-bond acceptors (Lipinski definition) is 2. The van der Waals surface area contributed by atoms with Crippen LogP contribution in [0, 0.1) is 5.92 Å². The molecule has 1 rings (SSSR count). The molecule has 0 N–H and O–H groups in total. The smallest absolute Gasteiger partial charge is 0.0520 e. The zero-order valence-electron chi connectivity index (χ0n) is 7.33. The Morgan fingerprint density at radius 1 is 1.45 bits per heavy atom. The van der Waals surface area contributed by atoms with E-state index in [-0.39, 0.29) is 0 Å². The van der Waals surface area contributed by atoms with Gasteiger partial charge in [0.1, 0.15) is 0 Å². The van der Waals surface area contributed by atoms with Gasteiger partial charge in [0, 0.05) is 19.0 Å². The van der Waals surface area contributed by atoms with Gasteiger partial charge in [0.15, 0.2) is 0 Å². The van der Waals surface area contributed by atoms with Gasteiger partial charge in [-0.05, 0) is 18.8 Å². The molecule has 0 amide bonds. The van der Waals surface area contributed by atoms with E-state index in [1.54, 1.807) is 6.21 Å². The molecule has 0 aromatic heterocycles. The molecule has 0 bridgehead atoms. The average molecular weight is 152 g/mol. The highest BCUT2D eigenvalue weighted by atomic mass is 14.8. The van der Waals surface area contributed by atoms with Gasteiger partial charge in [-0.25, -0.2) is 0 Å². The Kier molecular flexibility index (Phi) is 3.27. The topological polar surface area (TPSA) is 24.7 Å². The van der Waals surface area contributed by atoms with Crippen LogP contribution in [-0.4, -0.2) is 25.0 Å². The predicted molar refractivity (Wildman–Crippen MR) is 49.7 cm³/mol. The SMILES string of the molecule is CC(C)CC1CCN=CC=N1. The highest BCUT2D eigenvalue weighted by Crippen LogP contribution is 2.11. The molecule has 0 fully saturated rings. The summed E-state index contributed by atoms with van der Waals surface area (Å²) >= 11 is 0. The summed E-state index contributed by atoms with van der Waals surface area (Å²) in [5.74, 6) is 0.746. The summed E-state index contributed by atoms with van der Waals surface area (Å²) in [6.45, 7) is 5.42. The van der Waals surface area contributed by atoms with Crippen LogP contribution in [0.4, 0.5) is 0 Å². The van der Waals surface area contributed by atoms with Crippen LogP contribution in [-0.2, 0) is 0 Å². The minimum absolute atomic E-state index is 0.512. The second kappa shape index (κ2) is 4.27. The third kappa shape index (κ3) is 3.30. The van der Waals surface area contributed by atoms with Crippen molar-refractivity contribution in [3.8, 4) is 0 Å². The van der Waals surface area contributed by atoms with E-state index in [0.717, 1.165) is 18.9 Å². The Morgan fingerprint density at radius 3 is 3.00 bits per heavy atom. The maximum absolute atomic E-state index is 4.39. The van der Waals surface area contributed by atoms with Crippen LogP contribution in [0.2, 0.25) is 0 Å². The molecule has 0 aromatic carbocycles. The number of nitrogens with zero attached hydrogens (tertiary/aromatic N) is 2. The summed E-state index contributed by atoms with van der Waals surface area (Å²) in [6, 6.07) is 0.512. The summed E-state index contributed by atoms with van der Waals surface area (Å²) in [5.41, 5.74) is 0. The van der Waals surface area contributed by atoms with Crippen LogP contribution in [0.5, 0.6) is 0 Å². The van der Waals surface area contributed by atoms with Crippen LogP contribution in [0.25, 0.3) is 0 Å². The Hall–Kier alpha value is -0.660. The molecule has 1 aliphatic heterocycles. The van der Waals surface area contributed by atoms with E-state index in [0.29, 0.717) is 6.04 Å². The third-order valence-corrected chi connectivity index (χ3v) is 1.80. The van der Waals surface area contributed by atoms with E-state index in [1.807, 2.05) is 6.21 Å². The molecule has 62 valence electrons. The lowest BCUT2D eigenvalue weighted by molar-refractivity contribution is 0.482. The molecule has 1 atom stereocenters. The van der Waals surface area contributed by atoms with Gasteiger partial charge in [0.2, 0.25) is 0 Å². The quantitative estimate of drug-likeness (QED) is 0.577. The van der Waals surface area contributed by atoms with Crippen molar-refractivity contribution in [1.29, 1.82) is 0 Å². The Balaban J connectivity index is 2.35. The van der Waals surface area contributed by atoms with E-state index in [4.69, 9.17) is 0 Å². The van der Waals surface area contributed by atoms with Crippen LogP contribution >= 0.6 is 0 Å². The maximum Gasteiger partial charge on any atom is 0.0520 e. The largest absolute Gasteiger partial charge is 0.292 e. The van der Waals surface area contributed by atoms with Crippen molar-refractivity contribution < 1.29 is 0 Å². The molecule has 0 aromatic rings. The Morgan fingerprint density at radius 2 is 2.27 bits per heavy atom. The normalized spacial score (nSPS) is 24.1. The maximum atomic E-state index is 4.39. The molecule has 0 saturated heterocycles. The first-order valence-electron chi connectivity index (χ1n) is 4.30. The monoisotopic (exact) mass is 152 g/mol. The highest BCUT2D eigenvalue weighted by Gasteiger charge is 2.08. The molecule has 11 heavy (non-hydrogen) atoms. The van der Waals surface area contributed by atoms with Gasteiger partial charge in [-0.3, -0.25) is 9.98 Å². The number of hydrogen-bond donors (Lipinski definition) is 0. The van der Waals surface area contributed by atoms with Crippen molar-refractivity contribution in [3.63, 3.8) is 0 Å². The van der Waals surface area contributed by atoms with E-state index >= 15 is 0 Å². The van der Waals surface area contributed by atoms with Gasteiger partial charge in [0.05, 0.1) is 6.04 Å². The molecular weight excluding hydrogens is 136 g/mol. The van der Waals surface area contributed by atoms with Crippen molar-refractivity contribution in [1.82, 2.24) is 0 Å². The fourth-order valence-corrected chi connectivity index (χ4v) is 1.30. The molecule has 1 heterocycles. The molecule has 0 saturated carbocycles. The van der Waals surface area contributed by atoms with Gasteiger partial charge in [-0.1, -0.05) is 13.8 Å². The lowest BCUT2D eigenvalue weighted by Gasteiger charge is -2.11. The highest BCUT2D eigenvalue weighted by molar-refractivity contribution is 6.16. The van der Waals surface area contributed by atoms with Crippen molar-refractivity contribution in [2.45, 2.75) is 32.7 Å². The molecular formula is C9H16N2. The second-order valence-electron chi connectivity index (χ2n) is 3.43. The van der Waals surface area contributed by atoms with E-state index < -0.39 is 0 Å². The Bertz CT molecular complexity index is 159. The molecule has 2 nitrogen and oxygen atoms in total. The van der Waals surface area contributed by atoms with E-state index in [2.05, 4.69) is 23.8 Å². The van der Waals surface area contributed by atoms with Gasteiger partial charge >= 0.3 is 0 Å². The van der Waals surface area contributed by atoms with Crippen molar-refractivity contribution in [3.05, 3.63) is 0 Å². The summed E-state index contributed by atoms with van der Waals surface area (Å²) in [6.07, 6.45) is 5.95. The van der Waals surface area contributed by atoms with Crippen LogP contribution in [0.15, 0.2) is 9.98 Å². The molecule has 1 aliphatic rings. The minimum Gasteiger partial charge on any atom is -0.292 e. The van der Waals surface area contributed by atoms with E-state index in [1.165, 1.54) is 6.42 Å². The summed E-state index contributed by atoms with van der Waals surface area (Å²) in [4.78, 5) is 8.54.